The molecule has 9 heteroatoms. The van der Waals surface area contributed by atoms with Crippen molar-refractivity contribution in [2.24, 2.45) is 4.99 Å². The number of hydrogen-bond acceptors (Lipinski definition) is 7. The molecule has 40 heavy (non-hydrogen) atoms. The molecule has 0 spiro atoms. The smallest absolute Gasteiger partial charge is 0.338 e. The van der Waals surface area contributed by atoms with E-state index < -0.39 is 16.9 Å². The van der Waals surface area contributed by atoms with Crippen LogP contribution in [0.25, 0.3) is 11.8 Å². The average Bonchev–Trinajstić information content (AvgIpc) is 3.27. The maximum Gasteiger partial charge on any atom is 0.338 e. The molecule has 0 bridgehead atoms. The van der Waals surface area contributed by atoms with Crippen LogP contribution in [-0.4, -0.2) is 22.1 Å². The van der Waals surface area contributed by atoms with Crippen LogP contribution in [0.2, 0.25) is 0 Å². The first-order valence-corrected chi connectivity index (χ1v) is 13.7. The molecule has 0 saturated heterocycles. The van der Waals surface area contributed by atoms with Gasteiger partial charge in [-0.2, -0.15) is 0 Å². The molecule has 1 atom stereocenters. The predicted molar refractivity (Wildman–Crippen MR) is 155 cm³/mol. The molecule has 3 aromatic carbocycles. The summed E-state index contributed by atoms with van der Waals surface area (Å²) >= 11 is 1.18. The van der Waals surface area contributed by atoms with Crippen molar-refractivity contribution in [1.82, 2.24) is 4.57 Å². The fraction of sp³-hybridized carbons (Fsp3) is 0.194. The minimum Gasteiger partial charge on any atom is -0.463 e. The number of fused-ring (bicyclic) bond motifs is 1. The van der Waals surface area contributed by atoms with Crippen LogP contribution in [0.1, 0.15) is 55.0 Å². The molecule has 1 aliphatic rings. The van der Waals surface area contributed by atoms with Gasteiger partial charge in [0.05, 0.1) is 33.4 Å². The van der Waals surface area contributed by atoms with Gasteiger partial charge >= 0.3 is 5.97 Å². The number of esters is 1. The Morgan fingerprint density at radius 2 is 1.82 bits per heavy atom. The van der Waals surface area contributed by atoms with E-state index in [-0.39, 0.29) is 23.4 Å². The molecule has 4 aromatic rings. The molecule has 202 valence electrons. The van der Waals surface area contributed by atoms with E-state index >= 15 is 0 Å². The number of non-ortho nitro benzene ring substituents is 1. The zero-order chi connectivity index (χ0) is 28.4. The van der Waals surface area contributed by atoms with E-state index in [0.717, 1.165) is 16.7 Å². The highest BCUT2D eigenvalue weighted by Crippen LogP contribution is 2.35. The summed E-state index contributed by atoms with van der Waals surface area (Å²) in [4.78, 5) is 43.5. The summed E-state index contributed by atoms with van der Waals surface area (Å²) in [5.41, 5.74) is 3.43. The van der Waals surface area contributed by atoms with Crippen molar-refractivity contribution in [3.05, 3.63) is 136 Å². The van der Waals surface area contributed by atoms with Gasteiger partial charge in [0.15, 0.2) is 4.80 Å². The molecule has 1 aromatic heterocycles. The Bertz CT molecular complexity index is 1800. The summed E-state index contributed by atoms with van der Waals surface area (Å²) in [5.74, 6) is -0.234. The van der Waals surface area contributed by atoms with E-state index in [1.165, 1.54) is 28.0 Å². The maximum atomic E-state index is 13.9. The highest BCUT2D eigenvalue weighted by atomic mass is 32.1. The van der Waals surface area contributed by atoms with Gasteiger partial charge in [0.25, 0.3) is 11.2 Å². The van der Waals surface area contributed by atoms with Crippen molar-refractivity contribution in [2.75, 3.05) is 6.61 Å². The number of ether oxygens (including phenoxy) is 1. The number of nitro benzene ring substituents is 1. The third-order valence-electron chi connectivity index (χ3n) is 6.67. The first-order valence-electron chi connectivity index (χ1n) is 12.9. The molecule has 0 N–H and O–H groups in total. The summed E-state index contributed by atoms with van der Waals surface area (Å²) in [7, 11) is 0. The second-order valence-electron chi connectivity index (χ2n) is 9.60. The lowest BCUT2D eigenvalue weighted by Gasteiger charge is -2.26. The number of carbonyl (C=O) groups is 1. The Kier molecular flexibility index (Phi) is 7.57. The van der Waals surface area contributed by atoms with Gasteiger partial charge in [-0.1, -0.05) is 91.9 Å². The molecule has 0 unspecified atom stereocenters. The summed E-state index contributed by atoms with van der Waals surface area (Å²) in [6, 6.07) is 22.5. The van der Waals surface area contributed by atoms with Crippen LogP contribution in [-0.2, 0) is 9.53 Å². The largest absolute Gasteiger partial charge is 0.463 e. The van der Waals surface area contributed by atoms with Crippen LogP contribution in [0.4, 0.5) is 5.69 Å². The zero-order valence-corrected chi connectivity index (χ0v) is 23.1. The van der Waals surface area contributed by atoms with E-state index in [0.29, 0.717) is 26.5 Å². The summed E-state index contributed by atoms with van der Waals surface area (Å²) < 4.78 is 7.37. The zero-order valence-electron chi connectivity index (χ0n) is 22.2. The summed E-state index contributed by atoms with van der Waals surface area (Å²) in [5, 5.41) is 11.3. The number of aromatic nitrogens is 1. The first kappa shape index (κ1) is 27.0. The van der Waals surface area contributed by atoms with Gasteiger partial charge < -0.3 is 4.74 Å². The minimum atomic E-state index is -0.779. The second-order valence-corrected chi connectivity index (χ2v) is 10.6. The van der Waals surface area contributed by atoms with Crippen LogP contribution < -0.4 is 14.9 Å². The maximum absolute atomic E-state index is 13.9. The van der Waals surface area contributed by atoms with E-state index in [2.05, 4.69) is 13.8 Å². The lowest BCUT2D eigenvalue weighted by Crippen LogP contribution is -2.40. The fourth-order valence-corrected chi connectivity index (χ4v) is 5.70. The lowest BCUT2D eigenvalue weighted by atomic mass is 9.91. The molecule has 0 fully saturated rings. The van der Waals surface area contributed by atoms with E-state index in [1.807, 2.05) is 54.6 Å². The van der Waals surface area contributed by atoms with Crippen LogP contribution in [0.3, 0.4) is 0 Å². The van der Waals surface area contributed by atoms with Crippen LogP contribution in [0.15, 0.2) is 94.2 Å². The normalized spacial score (nSPS) is 15.1. The van der Waals surface area contributed by atoms with Crippen LogP contribution in [0.5, 0.6) is 0 Å². The van der Waals surface area contributed by atoms with Crippen molar-refractivity contribution in [2.45, 2.75) is 32.7 Å². The summed E-state index contributed by atoms with van der Waals surface area (Å²) in [6.07, 6.45) is 1.62. The number of carbonyl (C=O) groups excluding carboxylic acids is 1. The minimum absolute atomic E-state index is 0.0689. The monoisotopic (exact) mass is 553 g/mol. The Morgan fingerprint density at radius 1 is 1.10 bits per heavy atom. The third kappa shape index (κ3) is 5.15. The first-order chi connectivity index (χ1) is 19.3. The van der Waals surface area contributed by atoms with E-state index in [1.54, 1.807) is 25.1 Å². The molecule has 0 radical (unpaired) electrons. The van der Waals surface area contributed by atoms with Crippen molar-refractivity contribution in [1.29, 1.82) is 0 Å². The number of thiazole rings is 1. The highest BCUT2D eigenvalue weighted by Gasteiger charge is 2.35. The number of rotatable bonds is 7. The standard InChI is InChI=1S/C31H27N3O5S/c1-4-39-30(36)26-27(22-10-6-5-7-11-22)32-31-33(28(26)23-15-13-21(14-16-23)19(2)3)29(35)25(40-31)18-20-9-8-12-24(17-20)34(37)38/h5-19,28H,4H2,1-3H3/b25-18-/t28-/m0/s1. The van der Waals surface area contributed by atoms with Gasteiger partial charge in [0.1, 0.15) is 0 Å². The topological polar surface area (TPSA) is 104 Å². The summed E-state index contributed by atoms with van der Waals surface area (Å²) in [6.45, 7) is 6.11. The second kappa shape index (κ2) is 11.2. The van der Waals surface area contributed by atoms with Crippen LogP contribution in [0, 0.1) is 10.1 Å². The third-order valence-corrected chi connectivity index (χ3v) is 7.65. The Balaban J connectivity index is 1.80. The van der Waals surface area contributed by atoms with Gasteiger partial charge in [-0.05, 0) is 35.6 Å². The molecule has 0 amide bonds. The molecule has 5 rings (SSSR count). The van der Waals surface area contributed by atoms with Gasteiger partial charge in [0, 0.05) is 17.7 Å². The van der Waals surface area contributed by atoms with Crippen LogP contribution >= 0.6 is 11.3 Å². The Labute approximate surface area is 234 Å². The van der Waals surface area contributed by atoms with Gasteiger partial charge in [-0.25, -0.2) is 9.79 Å². The van der Waals surface area contributed by atoms with Crippen molar-refractivity contribution in [3.8, 4) is 0 Å². The average molecular weight is 554 g/mol. The van der Waals surface area contributed by atoms with Crippen molar-refractivity contribution >= 4 is 34.8 Å². The van der Waals surface area contributed by atoms with Gasteiger partial charge in [-0.3, -0.25) is 19.5 Å². The number of benzene rings is 3. The number of nitro groups is 1. The Morgan fingerprint density at radius 3 is 2.48 bits per heavy atom. The molecule has 0 aliphatic carbocycles. The van der Waals surface area contributed by atoms with E-state index in [4.69, 9.17) is 9.73 Å². The molecule has 2 heterocycles. The number of hydrogen-bond donors (Lipinski definition) is 0. The molecular weight excluding hydrogens is 526 g/mol. The quantitative estimate of drug-likeness (QED) is 0.183. The van der Waals surface area contributed by atoms with Crippen molar-refractivity contribution < 1.29 is 14.5 Å². The van der Waals surface area contributed by atoms with Gasteiger partial charge in [0.2, 0.25) is 0 Å². The Hall–Kier alpha value is -4.63. The molecule has 8 nitrogen and oxygen atoms in total. The predicted octanol–water partition coefficient (Wildman–Crippen LogP) is 4.97. The fourth-order valence-electron chi connectivity index (χ4n) is 4.70. The SMILES string of the molecule is CCOC(=O)C1=C(c2ccccc2)N=c2s/c(=C\c3cccc([N+](=O)[O-])c3)c(=O)n2[C@H]1c1ccc(C(C)C)cc1. The van der Waals surface area contributed by atoms with Crippen molar-refractivity contribution in [3.63, 3.8) is 0 Å². The van der Waals surface area contributed by atoms with Gasteiger partial charge in [-0.15, -0.1) is 0 Å². The lowest BCUT2D eigenvalue weighted by molar-refractivity contribution is -0.384. The highest BCUT2D eigenvalue weighted by molar-refractivity contribution is 7.07. The molecular formula is C31H27N3O5S. The molecule has 0 saturated carbocycles. The van der Waals surface area contributed by atoms with E-state index in [9.17, 15) is 19.7 Å². The number of nitrogens with zero attached hydrogens (tertiary/aromatic N) is 3. The molecule has 1 aliphatic heterocycles.